The summed E-state index contributed by atoms with van der Waals surface area (Å²) in [6.45, 7) is 1.56. The van der Waals surface area contributed by atoms with E-state index in [1.165, 1.54) is 0 Å². The van der Waals surface area contributed by atoms with Crippen LogP contribution in [0.15, 0.2) is 16.9 Å². The average Bonchev–Trinajstić information content (AvgIpc) is 2.86. The molecule has 0 aliphatic rings. The van der Waals surface area contributed by atoms with Crippen molar-refractivity contribution in [1.29, 1.82) is 0 Å². The molecule has 0 radical (unpaired) electrons. The van der Waals surface area contributed by atoms with Gasteiger partial charge in [-0.25, -0.2) is 4.98 Å². The Labute approximate surface area is 85.3 Å². The molecule has 7 heteroatoms. The summed E-state index contributed by atoms with van der Waals surface area (Å²) >= 11 is 0. The van der Waals surface area contributed by atoms with Gasteiger partial charge in [0.05, 0.1) is 6.10 Å². The SMILES string of the molecule is C[C@@H](O)[C@H](N)c1nc(-c2ncc[nH]2)no1. The van der Waals surface area contributed by atoms with Crippen LogP contribution >= 0.6 is 0 Å². The van der Waals surface area contributed by atoms with Gasteiger partial charge in [-0.1, -0.05) is 5.16 Å². The molecule has 0 saturated heterocycles. The number of hydrogen-bond acceptors (Lipinski definition) is 6. The fourth-order valence-corrected chi connectivity index (χ4v) is 1.06. The number of nitrogens with zero attached hydrogens (tertiary/aromatic N) is 3. The van der Waals surface area contributed by atoms with Gasteiger partial charge in [0.2, 0.25) is 11.7 Å². The van der Waals surface area contributed by atoms with Crippen LogP contribution in [0.5, 0.6) is 0 Å². The Morgan fingerprint density at radius 3 is 3.00 bits per heavy atom. The molecule has 0 aromatic carbocycles. The van der Waals surface area contributed by atoms with Crippen LogP contribution in [0.3, 0.4) is 0 Å². The van der Waals surface area contributed by atoms with E-state index < -0.39 is 12.1 Å². The van der Waals surface area contributed by atoms with E-state index in [-0.39, 0.29) is 5.89 Å². The van der Waals surface area contributed by atoms with Crippen LogP contribution in [0.2, 0.25) is 0 Å². The normalized spacial score (nSPS) is 15.1. The molecule has 0 amide bonds. The lowest BCUT2D eigenvalue weighted by atomic mass is 10.2. The standard InChI is InChI=1S/C8H11N5O2/c1-4(14)5(9)8-12-7(13-15-8)6-10-2-3-11-6/h2-5,14H,9H2,1H3,(H,10,11)/t4-,5+/m1/s1. The van der Waals surface area contributed by atoms with Crippen molar-refractivity contribution in [3.05, 3.63) is 18.3 Å². The summed E-state index contributed by atoms with van der Waals surface area (Å²) in [5, 5.41) is 12.9. The van der Waals surface area contributed by atoms with Gasteiger partial charge in [-0.3, -0.25) is 0 Å². The molecule has 7 nitrogen and oxygen atoms in total. The van der Waals surface area contributed by atoms with Crippen LogP contribution < -0.4 is 5.73 Å². The number of nitrogens with one attached hydrogen (secondary N) is 1. The molecule has 2 atom stereocenters. The number of aromatic amines is 1. The van der Waals surface area contributed by atoms with Gasteiger partial charge in [0.15, 0.2) is 5.82 Å². The van der Waals surface area contributed by atoms with E-state index in [4.69, 9.17) is 10.3 Å². The Bertz CT molecular complexity index is 422. The van der Waals surface area contributed by atoms with Gasteiger partial charge in [-0.05, 0) is 6.92 Å². The summed E-state index contributed by atoms with van der Waals surface area (Å²) in [5.74, 6) is 1.02. The first-order chi connectivity index (χ1) is 7.18. The molecule has 0 saturated carbocycles. The zero-order valence-electron chi connectivity index (χ0n) is 8.08. The minimum Gasteiger partial charge on any atom is -0.391 e. The van der Waals surface area contributed by atoms with Crippen molar-refractivity contribution >= 4 is 0 Å². The van der Waals surface area contributed by atoms with E-state index in [0.717, 1.165) is 0 Å². The topological polar surface area (TPSA) is 114 Å². The van der Waals surface area contributed by atoms with Crippen LogP contribution in [-0.4, -0.2) is 31.3 Å². The highest BCUT2D eigenvalue weighted by Crippen LogP contribution is 2.15. The Hall–Kier alpha value is -1.73. The molecule has 2 rings (SSSR count). The maximum atomic E-state index is 9.24. The molecule has 0 fully saturated rings. The Balaban J connectivity index is 2.25. The lowest BCUT2D eigenvalue weighted by molar-refractivity contribution is 0.146. The van der Waals surface area contributed by atoms with Crippen LogP contribution in [0.1, 0.15) is 18.9 Å². The van der Waals surface area contributed by atoms with Crippen LogP contribution in [-0.2, 0) is 0 Å². The fourth-order valence-electron chi connectivity index (χ4n) is 1.06. The fraction of sp³-hybridized carbons (Fsp3) is 0.375. The lowest BCUT2D eigenvalue weighted by Crippen LogP contribution is -2.23. The van der Waals surface area contributed by atoms with Gasteiger partial charge in [-0.2, -0.15) is 4.98 Å². The van der Waals surface area contributed by atoms with Crippen LogP contribution in [0, 0.1) is 0 Å². The quantitative estimate of drug-likeness (QED) is 0.647. The highest BCUT2D eigenvalue weighted by Gasteiger charge is 2.20. The summed E-state index contributed by atoms with van der Waals surface area (Å²) in [5.41, 5.74) is 5.63. The number of hydrogen-bond donors (Lipinski definition) is 3. The number of aliphatic hydroxyl groups excluding tert-OH is 1. The minimum atomic E-state index is -0.741. The van der Waals surface area contributed by atoms with E-state index in [1.807, 2.05) is 0 Å². The van der Waals surface area contributed by atoms with Crippen molar-refractivity contribution in [1.82, 2.24) is 20.1 Å². The van der Waals surface area contributed by atoms with E-state index in [1.54, 1.807) is 19.3 Å². The molecule has 2 heterocycles. The van der Waals surface area contributed by atoms with Gasteiger partial charge < -0.3 is 20.3 Å². The third kappa shape index (κ3) is 1.88. The second-order valence-electron chi connectivity index (χ2n) is 3.16. The highest BCUT2D eigenvalue weighted by atomic mass is 16.5. The Morgan fingerprint density at radius 1 is 1.60 bits per heavy atom. The Morgan fingerprint density at radius 2 is 2.40 bits per heavy atom. The van der Waals surface area contributed by atoms with Crippen LogP contribution in [0.4, 0.5) is 0 Å². The van der Waals surface area contributed by atoms with Crippen molar-refractivity contribution in [3.63, 3.8) is 0 Å². The zero-order valence-corrected chi connectivity index (χ0v) is 8.08. The molecule has 2 aromatic rings. The summed E-state index contributed by atoms with van der Waals surface area (Å²) < 4.78 is 4.91. The molecular formula is C8H11N5O2. The maximum Gasteiger partial charge on any atom is 0.246 e. The molecule has 0 bridgehead atoms. The minimum absolute atomic E-state index is 0.191. The summed E-state index contributed by atoms with van der Waals surface area (Å²) in [6.07, 6.45) is 2.50. The van der Waals surface area contributed by atoms with Gasteiger partial charge in [0.25, 0.3) is 0 Å². The van der Waals surface area contributed by atoms with E-state index in [0.29, 0.717) is 11.6 Å². The second kappa shape index (κ2) is 3.79. The van der Waals surface area contributed by atoms with Crippen LogP contribution in [0.25, 0.3) is 11.6 Å². The molecule has 15 heavy (non-hydrogen) atoms. The van der Waals surface area contributed by atoms with Gasteiger partial charge in [-0.15, -0.1) is 0 Å². The monoisotopic (exact) mass is 209 g/mol. The highest BCUT2D eigenvalue weighted by molar-refractivity contribution is 5.40. The van der Waals surface area contributed by atoms with Crippen molar-refractivity contribution < 1.29 is 9.63 Å². The lowest BCUT2D eigenvalue weighted by Gasteiger charge is -2.08. The van der Waals surface area contributed by atoms with Crippen molar-refractivity contribution in [3.8, 4) is 11.6 Å². The van der Waals surface area contributed by atoms with Crippen molar-refractivity contribution in [2.75, 3.05) is 0 Å². The van der Waals surface area contributed by atoms with E-state index >= 15 is 0 Å². The molecule has 0 spiro atoms. The molecule has 4 N–H and O–H groups in total. The number of aliphatic hydroxyl groups is 1. The van der Waals surface area contributed by atoms with Crippen molar-refractivity contribution in [2.45, 2.75) is 19.1 Å². The van der Waals surface area contributed by atoms with E-state index in [2.05, 4.69) is 20.1 Å². The molecule has 80 valence electrons. The largest absolute Gasteiger partial charge is 0.391 e. The van der Waals surface area contributed by atoms with Crippen molar-refractivity contribution in [2.24, 2.45) is 5.73 Å². The third-order valence-corrected chi connectivity index (χ3v) is 1.96. The summed E-state index contributed by atoms with van der Waals surface area (Å²) in [4.78, 5) is 10.8. The number of rotatable bonds is 3. The number of H-pyrrole nitrogens is 1. The first-order valence-corrected chi connectivity index (χ1v) is 4.45. The predicted octanol–water partition coefficient (Wildman–Crippen LogP) is -0.160. The Kier molecular flexibility index (Phi) is 2.48. The van der Waals surface area contributed by atoms with Gasteiger partial charge in [0, 0.05) is 12.4 Å². The second-order valence-corrected chi connectivity index (χ2v) is 3.16. The first kappa shape index (κ1) is 9.81. The van der Waals surface area contributed by atoms with Gasteiger partial charge in [0.1, 0.15) is 6.04 Å². The predicted molar refractivity (Wildman–Crippen MR) is 50.5 cm³/mol. The third-order valence-electron chi connectivity index (χ3n) is 1.96. The maximum absolute atomic E-state index is 9.24. The smallest absolute Gasteiger partial charge is 0.246 e. The summed E-state index contributed by atoms with van der Waals surface area (Å²) in [7, 11) is 0. The summed E-state index contributed by atoms with van der Waals surface area (Å²) in [6, 6.07) is -0.679. The zero-order chi connectivity index (χ0) is 10.8. The molecule has 0 unspecified atom stereocenters. The average molecular weight is 209 g/mol. The molecule has 2 aromatic heterocycles. The molecule has 0 aliphatic carbocycles. The molecule has 0 aliphatic heterocycles. The number of imidazole rings is 1. The van der Waals surface area contributed by atoms with E-state index in [9.17, 15) is 5.11 Å². The van der Waals surface area contributed by atoms with Gasteiger partial charge >= 0.3 is 0 Å². The number of aromatic nitrogens is 4. The number of nitrogens with two attached hydrogens (primary N) is 1. The first-order valence-electron chi connectivity index (χ1n) is 4.45. The molecular weight excluding hydrogens is 198 g/mol.